The molecule has 1 unspecified atom stereocenters. The van der Waals surface area contributed by atoms with Crippen molar-refractivity contribution in [3.8, 4) is 11.5 Å². The van der Waals surface area contributed by atoms with Crippen molar-refractivity contribution >= 4 is 15.9 Å². The van der Waals surface area contributed by atoms with Crippen LogP contribution in [0.15, 0.2) is 53.0 Å². The van der Waals surface area contributed by atoms with Crippen molar-refractivity contribution in [1.82, 2.24) is 0 Å². The van der Waals surface area contributed by atoms with E-state index in [-0.39, 0.29) is 6.61 Å². The Labute approximate surface area is 127 Å². The second kappa shape index (κ2) is 6.39. The van der Waals surface area contributed by atoms with Crippen molar-refractivity contribution in [2.45, 2.75) is 18.9 Å². The van der Waals surface area contributed by atoms with Gasteiger partial charge in [-0.3, -0.25) is 0 Å². The quantitative estimate of drug-likeness (QED) is 0.872. The third-order valence-corrected chi connectivity index (χ3v) is 3.79. The van der Waals surface area contributed by atoms with Crippen LogP contribution < -0.4 is 4.74 Å². The molecule has 0 saturated heterocycles. The Bertz CT molecular complexity index is 564. The summed E-state index contributed by atoms with van der Waals surface area (Å²) in [6, 6.07) is 14.8. The lowest BCUT2D eigenvalue weighted by molar-refractivity contribution is 0.0299. The maximum atomic E-state index is 10.2. The Hall–Kier alpha value is -1.36. The monoisotopic (exact) mass is 336 g/mol. The molecule has 1 atom stereocenters. The molecule has 0 amide bonds. The molecule has 0 aromatic heterocycles. The highest BCUT2D eigenvalue weighted by molar-refractivity contribution is 9.10. The molecule has 0 heterocycles. The third-order valence-electron chi connectivity index (χ3n) is 3.14. The number of aliphatic hydroxyl groups is 2. The first-order valence-corrected chi connectivity index (χ1v) is 7.18. The van der Waals surface area contributed by atoms with E-state index in [0.29, 0.717) is 12.2 Å². The summed E-state index contributed by atoms with van der Waals surface area (Å²) in [6.45, 7) is 1.63. The molecule has 0 radical (unpaired) electrons. The van der Waals surface area contributed by atoms with E-state index in [1.165, 1.54) is 0 Å². The molecule has 0 fully saturated rings. The standard InChI is InChI=1S/C16H17BrO3/c1-16(19,10-11-18)12-6-8-13(9-7-12)20-15-5-3-2-4-14(15)17/h2-9,18-19H,10-11H2,1H3. The van der Waals surface area contributed by atoms with E-state index in [2.05, 4.69) is 15.9 Å². The summed E-state index contributed by atoms with van der Waals surface area (Å²) >= 11 is 3.43. The van der Waals surface area contributed by atoms with Gasteiger partial charge in [-0.2, -0.15) is 0 Å². The topological polar surface area (TPSA) is 49.7 Å². The zero-order valence-electron chi connectivity index (χ0n) is 11.2. The highest BCUT2D eigenvalue weighted by Crippen LogP contribution is 2.31. The number of benzene rings is 2. The first kappa shape index (κ1) is 15.0. The van der Waals surface area contributed by atoms with Crippen LogP contribution in [0, 0.1) is 0 Å². The zero-order valence-corrected chi connectivity index (χ0v) is 12.8. The fraction of sp³-hybridized carbons (Fsp3) is 0.250. The van der Waals surface area contributed by atoms with Gasteiger partial charge in [0.25, 0.3) is 0 Å². The predicted octanol–water partition coefficient (Wildman–Crippen LogP) is 3.83. The Morgan fingerprint density at radius 1 is 1.10 bits per heavy atom. The molecule has 0 bridgehead atoms. The molecule has 0 spiro atoms. The van der Waals surface area contributed by atoms with Gasteiger partial charge in [0, 0.05) is 13.0 Å². The summed E-state index contributed by atoms with van der Waals surface area (Å²) in [7, 11) is 0. The molecule has 2 aromatic carbocycles. The average molecular weight is 337 g/mol. The van der Waals surface area contributed by atoms with Gasteiger partial charge in [-0.15, -0.1) is 0 Å². The van der Waals surface area contributed by atoms with Crippen LogP contribution in [-0.2, 0) is 5.60 Å². The van der Waals surface area contributed by atoms with E-state index in [0.717, 1.165) is 15.8 Å². The minimum absolute atomic E-state index is 0.0534. The number of hydrogen-bond donors (Lipinski definition) is 2. The van der Waals surface area contributed by atoms with Gasteiger partial charge in [0.2, 0.25) is 0 Å². The fourth-order valence-corrected chi connectivity index (χ4v) is 2.26. The van der Waals surface area contributed by atoms with Crippen molar-refractivity contribution in [2.75, 3.05) is 6.61 Å². The number of halogens is 1. The van der Waals surface area contributed by atoms with E-state index < -0.39 is 5.60 Å². The molecule has 3 nitrogen and oxygen atoms in total. The van der Waals surface area contributed by atoms with Crippen molar-refractivity contribution in [1.29, 1.82) is 0 Å². The largest absolute Gasteiger partial charge is 0.456 e. The smallest absolute Gasteiger partial charge is 0.141 e. The minimum atomic E-state index is -1.03. The number of ether oxygens (including phenoxy) is 1. The van der Waals surface area contributed by atoms with E-state index >= 15 is 0 Å². The second-order valence-electron chi connectivity index (χ2n) is 4.80. The van der Waals surface area contributed by atoms with Crippen LogP contribution in [0.4, 0.5) is 0 Å². The molecule has 0 aliphatic carbocycles. The average Bonchev–Trinajstić information content (AvgIpc) is 2.42. The van der Waals surface area contributed by atoms with E-state index in [1.807, 2.05) is 36.4 Å². The fourth-order valence-electron chi connectivity index (χ4n) is 1.90. The van der Waals surface area contributed by atoms with Gasteiger partial charge in [0.05, 0.1) is 10.1 Å². The van der Waals surface area contributed by atoms with Crippen LogP contribution in [-0.4, -0.2) is 16.8 Å². The van der Waals surface area contributed by atoms with Crippen molar-refractivity contribution in [2.24, 2.45) is 0 Å². The Morgan fingerprint density at radius 2 is 1.75 bits per heavy atom. The molecule has 20 heavy (non-hydrogen) atoms. The summed E-state index contributed by atoms with van der Waals surface area (Å²) in [5.41, 5.74) is -0.272. The molecule has 2 aromatic rings. The first-order chi connectivity index (χ1) is 9.53. The maximum Gasteiger partial charge on any atom is 0.141 e. The molecule has 106 valence electrons. The third kappa shape index (κ3) is 3.60. The van der Waals surface area contributed by atoms with Crippen molar-refractivity contribution < 1.29 is 14.9 Å². The first-order valence-electron chi connectivity index (χ1n) is 6.39. The zero-order chi connectivity index (χ0) is 14.6. The van der Waals surface area contributed by atoms with Crippen LogP contribution in [0.5, 0.6) is 11.5 Å². The molecule has 4 heteroatoms. The molecule has 0 aliphatic heterocycles. The lowest BCUT2D eigenvalue weighted by Crippen LogP contribution is -2.22. The molecular weight excluding hydrogens is 320 g/mol. The van der Waals surface area contributed by atoms with Gasteiger partial charge in [-0.25, -0.2) is 0 Å². The van der Waals surface area contributed by atoms with Crippen LogP contribution >= 0.6 is 15.9 Å². The summed E-state index contributed by atoms with van der Waals surface area (Å²) in [6.07, 6.45) is 0.303. The Morgan fingerprint density at radius 3 is 2.35 bits per heavy atom. The van der Waals surface area contributed by atoms with Crippen molar-refractivity contribution in [3.05, 3.63) is 58.6 Å². The summed E-state index contributed by atoms with van der Waals surface area (Å²) < 4.78 is 6.64. The summed E-state index contributed by atoms with van der Waals surface area (Å²) in [4.78, 5) is 0. The molecule has 2 rings (SSSR count). The van der Waals surface area contributed by atoms with E-state index in [9.17, 15) is 5.11 Å². The van der Waals surface area contributed by atoms with Crippen LogP contribution in [0.2, 0.25) is 0 Å². The Kier molecular flexibility index (Phi) is 4.81. The van der Waals surface area contributed by atoms with E-state index in [1.54, 1.807) is 19.1 Å². The van der Waals surface area contributed by atoms with Gasteiger partial charge in [0.1, 0.15) is 11.5 Å². The number of aliphatic hydroxyl groups excluding tert-OH is 1. The lowest BCUT2D eigenvalue weighted by atomic mass is 9.93. The normalized spacial score (nSPS) is 13.8. The van der Waals surface area contributed by atoms with Crippen LogP contribution in [0.1, 0.15) is 18.9 Å². The van der Waals surface area contributed by atoms with Crippen LogP contribution in [0.25, 0.3) is 0 Å². The summed E-state index contributed by atoms with van der Waals surface area (Å²) in [5, 5.41) is 19.2. The highest BCUT2D eigenvalue weighted by Gasteiger charge is 2.22. The van der Waals surface area contributed by atoms with Crippen molar-refractivity contribution in [3.63, 3.8) is 0 Å². The minimum Gasteiger partial charge on any atom is -0.456 e. The molecular formula is C16H17BrO3. The summed E-state index contributed by atoms with van der Waals surface area (Å²) in [5.74, 6) is 1.43. The number of rotatable bonds is 5. The van der Waals surface area contributed by atoms with Gasteiger partial charge in [-0.05, 0) is 52.7 Å². The number of hydrogen-bond acceptors (Lipinski definition) is 3. The molecule has 0 aliphatic rings. The predicted molar refractivity (Wildman–Crippen MR) is 81.9 cm³/mol. The molecule has 0 saturated carbocycles. The van der Waals surface area contributed by atoms with Gasteiger partial charge in [0.15, 0.2) is 0 Å². The number of para-hydroxylation sites is 1. The Balaban J connectivity index is 2.15. The maximum absolute atomic E-state index is 10.2. The van der Waals surface area contributed by atoms with Gasteiger partial charge >= 0.3 is 0 Å². The SMILES string of the molecule is CC(O)(CCO)c1ccc(Oc2ccccc2Br)cc1. The van der Waals surface area contributed by atoms with Gasteiger partial charge in [-0.1, -0.05) is 24.3 Å². The van der Waals surface area contributed by atoms with Gasteiger partial charge < -0.3 is 14.9 Å². The van der Waals surface area contributed by atoms with Crippen LogP contribution in [0.3, 0.4) is 0 Å². The van der Waals surface area contributed by atoms with E-state index in [4.69, 9.17) is 9.84 Å². The highest BCUT2D eigenvalue weighted by atomic mass is 79.9. The molecule has 2 N–H and O–H groups in total. The second-order valence-corrected chi connectivity index (χ2v) is 5.66. The lowest BCUT2D eigenvalue weighted by Gasteiger charge is -2.23.